The molecule has 4 aromatic rings. The first-order chi connectivity index (χ1) is 15.7. The number of anilines is 2. The Morgan fingerprint density at radius 3 is 2.50 bits per heavy atom. The molecule has 168 valence electrons. The third-order valence-corrected chi connectivity index (χ3v) is 7.00. The zero-order valence-corrected chi connectivity index (χ0v) is 20.1. The summed E-state index contributed by atoms with van der Waals surface area (Å²) < 4.78 is 13.8. The van der Waals surface area contributed by atoms with E-state index in [1.54, 1.807) is 7.11 Å². The number of alkyl halides is 1. The molecular formula is C23H25IN5O3-. The molecule has 0 amide bonds. The van der Waals surface area contributed by atoms with Gasteiger partial charge in [0.05, 0.1) is 7.11 Å². The molecule has 0 aliphatic heterocycles. The zero-order valence-electron chi connectivity index (χ0n) is 17.9. The van der Waals surface area contributed by atoms with Crippen LogP contribution >= 0.6 is 0 Å². The molecule has 32 heavy (non-hydrogen) atoms. The van der Waals surface area contributed by atoms with Crippen LogP contribution < -0.4 is 34.7 Å². The number of ether oxygens (including phenoxy) is 1. The minimum atomic E-state index is -0.451. The molecule has 9 heteroatoms. The molecule has 0 bridgehead atoms. The van der Waals surface area contributed by atoms with Crippen LogP contribution in [0.2, 0.25) is 0 Å². The smallest absolute Gasteiger partial charge is 0.0193 e. The number of nitrogens with one attached hydrogen (secondary N) is 1. The average molecular weight is 546 g/mol. The van der Waals surface area contributed by atoms with E-state index >= 15 is 0 Å². The molecule has 0 spiro atoms. The number of aliphatic hydroxyl groups excluding tert-OH is 1. The van der Waals surface area contributed by atoms with E-state index in [-0.39, 0.29) is 6.61 Å². The van der Waals surface area contributed by atoms with Crippen molar-refractivity contribution < 1.29 is 34.5 Å². The van der Waals surface area contributed by atoms with Gasteiger partial charge < -0.3 is 4.74 Å². The van der Waals surface area contributed by atoms with Crippen molar-refractivity contribution in [3.05, 3.63) is 66.7 Å². The number of nitrogens with zero attached hydrogens (tertiary/aromatic N) is 4. The van der Waals surface area contributed by atoms with Crippen LogP contribution in [0.5, 0.6) is 11.5 Å². The van der Waals surface area contributed by atoms with Crippen molar-refractivity contribution in [1.82, 2.24) is 19.5 Å². The fourth-order valence-corrected chi connectivity index (χ4v) is 4.67. The second-order valence-corrected chi connectivity index (χ2v) is 8.85. The van der Waals surface area contributed by atoms with Crippen molar-refractivity contribution in [3.63, 3.8) is 0 Å². The zero-order chi connectivity index (χ0) is 22.3. The van der Waals surface area contributed by atoms with Gasteiger partial charge in [0.1, 0.15) is 5.75 Å². The Labute approximate surface area is 197 Å². The van der Waals surface area contributed by atoms with Gasteiger partial charge in [-0.3, -0.25) is 0 Å². The summed E-state index contributed by atoms with van der Waals surface area (Å²) in [7, 11) is 3.64. The fraction of sp³-hybridized carbons (Fsp3) is 0.217. The number of benzene rings is 2. The Hall–Kier alpha value is -2.89. The van der Waals surface area contributed by atoms with Gasteiger partial charge in [0.2, 0.25) is 0 Å². The van der Waals surface area contributed by atoms with E-state index in [1.165, 1.54) is 0 Å². The van der Waals surface area contributed by atoms with Crippen LogP contribution in [-0.2, 0) is 0 Å². The van der Waals surface area contributed by atoms with Crippen molar-refractivity contribution in [3.8, 4) is 22.8 Å². The van der Waals surface area contributed by atoms with Gasteiger partial charge in [-0.25, -0.2) is 0 Å². The van der Waals surface area contributed by atoms with Crippen LogP contribution in [0.25, 0.3) is 16.9 Å². The molecule has 2 heterocycles. The third-order valence-electron chi connectivity index (χ3n) is 4.73. The molecule has 2 aromatic heterocycles. The van der Waals surface area contributed by atoms with Crippen molar-refractivity contribution in [2.24, 2.45) is 0 Å². The molecule has 8 nitrogen and oxygen atoms in total. The van der Waals surface area contributed by atoms with Gasteiger partial charge in [-0.1, -0.05) is 0 Å². The van der Waals surface area contributed by atoms with Crippen LogP contribution in [0.3, 0.4) is 0 Å². The van der Waals surface area contributed by atoms with Gasteiger partial charge in [0.25, 0.3) is 0 Å². The van der Waals surface area contributed by atoms with Gasteiger partial charge in [-0.15, -0.1) is 0 Å². The number of methoxy groups -OCH3 is 1. The first-order valence-electron chi connectivity index (χ1n) is 10.1. The summed E-state index contributed by atoms with van der Waals surface area (Å²) in [5.41, 5.74) is 3.62. The van der Waals surface area contributed by atoms with E-state index in [1.807, 2.05) is 78.3 Å². The van der Waals surface area contributed by atoms with Gasteiger partial charge in [0, 0.05) is 0 Å². The Morgan fingerprint density at radius 1 is 1.03 bits per heavy atom. The van der Waals surface area contributed by atoms with E-state index < -0.39 is 21.6 Å². The predicted octanol–water partition coefficient (Wildman–Crippen LogP) is 0.413. The number of rotatable bonds is 10. The monoisotopic (exact) mass is 546 g/mol. The average Bonchev–Trinajstić information content (AvgIpc) is 3.23. The standard InChI is InChI=1S/C23H25IN5O3/c1-28(14-15-30)16-24-32-20-12-8-18(9-13-20)25-23-26-22-5-3-4-21(29(22)27-23)17-6-10-19(31-2)11-7-17/h3-13,30H,14-16H2,1-2H3,(H,25,27)/q-1. The maximum absolute atomic E-state index is 8.95. The number of hydrogen-bond acceptors (Lipinski definition) is 7. The molecule has 0 saturated carbocycles. The molecule has 2 aromatic carbocycles. The van der Waals surface area contributed by atoms with E-state index in [0.717, 1.165) is 38.6 Å². The molecule has 0 radical (unpaired) electrons. The summed E-state index contributed by atoms with van der Waals surface area (Å²) in [6.07, 6.45) is 0. The summed E-state index contributed by atoms with van der Waals surface area (Å²) >= 11 is -0.451. The summed E-state index contributed by atoms with van der Waals surface area (Å²) in [5.74, 6) is 2.18. The normalized spacial score (nSPS) is 11.2. The molecule has 0 atom stereocenters. The SMILES string of the molecule is COc1ccc(-c2cccc3nc(Nc4ccc(O[I-]CN(C)CCO)cc4)nn23)cc1. The third kappa shape index (κ3) is 5.47. The van der Waals surface area contributed by atoms with Crippen LogP contribution in [0.15, 0.2) is 66.7 Å². The summed E-state index contributed by atoms with van der Waals surface area (Å²) in [6, 6.07) is 21.6. The van der Waals surface area contributed by atoms with E-state index in [0.29, 0.717) is 12.5 Å². The van der Waals surface area contributed by atoms with E-state index in [4.69, 9.17) is 12.9 Å². The maximum atomic E-state index is 8.95. The van der Waals surface area contributed by atoms with E-state index in [2.05, 4.69) is 20.3 Å². The quantitative estimate of drug-likeness (QED) is 0.170. The summed E-state index contributed by atoms with van der Waals surface area (Å²) in [4.78, 5) is 6.67. The fourth-order valence-electron chi connectivity index (χ4n) is 3.06. The van der Waals surface area contributed by atoms with Gasteiger partial charge in [-0.2, -0.15) is 0 Å². The van der Waals surface area contributed by atoms with Crippen LogP contribution in [0, 0.1) is 0 Å². The summed E-state index contributed by atoms with van der Waals surface area (Å²) in [5, 5.41) is 16.9. The van der Waals surface area contributed by atoms with Crippen LogP contribution in [0.1, 0.15) is 0 Å². The number of pyridine rings is 1. The Balaban J connectivity index is 1.44. The second kappa shape index (κ2) is 10.6. The number of aliphatic hydroxyl groups is 1. The molecule has 4 rings (SSSR count). The molecule has 0 fully saturated rings. The minimum Gasteiger partial charge on any atom is -0.0193 e. The molecule has 0 unspecified atom stereocenters. The van der Waals surface area contributed by atoms with Crippen LogP contribution in [0.4, 0.5) is 11.6 Å². The Morgan fingerprint density at radius 2 is 1.78 bits per heavy atom. The number of hydrogen-bond donors (Lipinski definition) is 2. The molecule has 0 aliphatic carbocycles. The molecular weight excluding hydrogens is 521 g/mol. The van der Waals surface area contributed by atoms with Crippen molar-refractivity contribution in [2.45, 2.75) is 0 Å². The first kappa shape index (κ1) is 22.3. The van der Waals surface area contributed by atoms with E-state index in [9.17, 15) is 0 Å². The number of aromatic nitrogens is 3. The Kier molecular flexibility index (Phi) is 7.40. The number of halogens is 1. The van der Waals surface area contributed by atoms with Crippen LogP contribution in [-0.4, -0.2) is 56.5 Å². The minimum absolute atomic E-state index is 0.166. The predicted molar refractivity (Wildman–Crippen MR) is 120 cm³/mol. The molecule has 0 saturated heterocycles. The Bertz CT molecular complexity index is 1150. The van der Waals surface area contributed by atoms with Crippen molar-refractivity contribution in [1.29, 1.82) is 0 Å². The molecule has 2 N–H and O–H groups in total. The topological polar surface area (TPSA) is 84.1 Å². The van der Waals surface area contributed by atoms with Gasteiger partial charge >= 0.3 is 168 Å². The first-order valence-corrected chi connectivity index (χ1v) is 12.5. The van der Waals surface area contributed by atoms with Crippen molar-refractivity contribution in [2.75, 3.05) is 37.2 Å². The van der Waals surface area contributed by atoms with Gasteiger partial charge in [0.15, 0.2) is 0 Å². The number of likely N-dealkylation sites (N-methyl/N-ethyl adjacent to an activating group) is 1. The van der Waals surface area contributed by atoms with Gasteiger partial charge in [-0.05, 0) is 12.1 Å². The summed E-state index contributed by atoms with van der Waals surface area (Å²) in [6.45, 7) is 0.831. The second-order valence-electron chi connectivity index (χ2n) is 7.10. The number of fused-ring (bicyclic) bond motifs is 1. The van der Waals surface area contributed by atoms with Crippen molar-refractivity contribution >= 4 is 17.3 Å². The molecule has 0 aliphatic rings.